The molecule has 1 aliphatic rings. The van der Waals surface area contributed by atoms with Crippen molar-refractivity contribution >= 4 is 29.9 Å². The summed E-state index contributed by atoms with van der Waals surface area (Å²) in [4.78, 5) is 4.16. The van der Waals surface area contributed by atoms with Crippen molar-refractivity contribution in [1.82, 2.24) is 25.4 Å². The maximum Gasteiger partial charge on any atom is 0.191 e. The Hall–Kier alpha value is -1.71. The summed E-state index contributed by atoms with van der Waals surface area (Å²) in [7, 11) is 1.70. The van der Waals surface area contributed by atoms with E-state index in [1.54, 1.807) is 13.1 Å². The molecule has 1 aromatic carbocycles. The van der Waals surface area contributed by atoms with Gasteiger partial charge in [-0.05, 0) is 24.1 Å². The number of aryl methyl sites for hydroxylation is 1. The Morgan fingerprint density at radius 3 is 2.91 bits per heavy atom. The summed E-state index contributed by atoms with van der Waals surface area (Å²) in [5.41, 5.74) is 0.867. The minimum absolute atomic E-state index is 0. The second kappa shape index (κ2) is 8.23. The Kier molecular flexibility index (Phi) is 6.31. The predicted octanol–water partition coefficient (Wildman–Crippen LogP) is 1.85. The number of nitrogens with zero attached hydrogens (tertiary/aromatic N) is 4. The molecule has 0 aliphatic carbocycles. The van der Waals surface area contributed by atoms with Gasteiger partial charge in [-0.25, -0.2) is 4.39 Å². The summed E-state index contributed by atoms with van der Waals surface area (Å²) in [6, 6.07) is 6.50. The van der Waals surface area contributed by atoms with Gasteiger partial charge < -0.3 is 15.2 Å². The van der Waals surface area contributed by atoms with Crippen LogP contribution in [0.2, 0.25) is 0 Å². The van der Waals surface area contributed by atoms with Crippen LogP contribution in [0, 0.1) is 5.82 Å². The molecule has 2 N–H and O–H groups in total. The first-order valence-corrected chi connectivity index (χ1v) is 7.36. The molecule has 6 nitrogen and oxygen atoms in total. The van der Waals surface area contributed by atoms with E-state index in [0.717, 1.165) is 36.6 Å². The lowest BCUT2D eigenvalue weighted by atomic mass is 10.2. The first-order chi connectivity index (χ1) is 10.8. The number of hydrogen-bond donors (Lipinski definition) is 2. The number of hydrogen-bond acceptors (Lipinski definition) is 3. The van der Waals surface area contributed by atoms with E-state index in [0.29, 0.717) is 19.0 Å². The molecule has 0 spiro atoms. The number of benzene rings is 1. The van der Waals surface area contributed by atoms with Crippen molar-refractivity contribution < 1.29 is 4.39 Å². The number of guanidine groups is 1. The Morgan fingerprint density at radius 1 is 1.30 bits per heavy atom. The smallest absolute Gasteiger partial charge is 0.191 e. The van der Waals surface area contributed by atoms with E-state index in [1.807, 2.05) is 6.07 Å². The molecule has 0 saturated heterocycles. The first-order valence-electron chi connectivity index (χ1n) is 7.36. The summed E-state index contributed by atoms with van der Waals surface area (Å²) in [5.74, 6) is 2.39. The van der Waals surface area contributed by atoms with Crippen molar-refractivity contribution in [2.75, 3.05) is 7.05 Å². The number of nitrogens with one attached hydrogen (secondary N) is 2. The maximum absolute atomic E-state index is 13.1. The molecule has 124 valence electrons. The highest BCUT2D eigenvalue weighted by molar-refractivity contribution is 14.0. The number of aliphatic imine (C=N–C) groups is 1. The molecule has 2 aromatic rings. The Morgan fingerprint density at radius 2 is 2.13 bits per heavy atom. The van der Waals surface area contributed by atoms with Gasteiger partial charge in [0.15, 0.2) is 11.8 Å². The van der Waals surface area contributed by atoms with Gasteiger partial charge in [-0.1, -0.05) is 12.1 Å². The van der Waals surface area contributed by atoms with Gasteiger partial charge >= 0.3 is 0 Å². The quantitative estimate of drug-likeness (QED) is 0.442. The number of fused-ring (bicyclic) bond motifs is 1. The van der Waals surface area contributed by atoms with Gasteiger partial charge in [0.25, 0.3) is 0 Å². The largest absolute Gasteiger partial charge is 0.352 e. The summed E-state index contributed by atoms with van der Waals surface area (Å²) in [6.07, 6.45) is 2.13. The van der Waals surface area contributed by atoms with Crippen molar-refractivity contribution in [2.45, 2.75) is 32.5 Å². The molecular formula is C15H20FIN6. The molecule has 0 unspecified atom stereocenters. The standard InChI is InChI=1S/C15H19FN6.HI/c1-17-15(18-9-11-4-2-5-12(16)8-11)19-10-14-21-20-13-6-3-7-22(13)14;/h2,4-5,8H,3,6-7,9-10H2,1H3,(H2,17,18,19);1H. The molecule has 1 aliphatic heterocycles. The second-order valence-electron chi connectivity index (χ2n) is 5.20. The van der Waals surface area contributed by atoms with Crippen LogP contribution in [0.3, 0.4) is 0 Å². The average molecular weight is 430 g/mol. The van der Waals surface area contributed by atoms with Crippen LogP contribution in [0.15, 0.2) is 29.3 Å². The van der Waals surface area contributed by atoms with Crippen LogP contribution in [0.1, 0.15) is 23.6 Å². The highest BCUT2D eigenvalue weighted by atomic mass is 127. The van der Waals surface area contributed by atoms with Crippen LogP contribution in [-0.2, 0) is 26.1 Å². The van der Waals surface area contributed by atoms with Crippen LogP contribution in [0.5, 0.6) is 0 Å². The van der Waals surface area contributed by atoms with Crippen LogP contribution in [0.25, 0.3) is 0 Å². The predicted molar refractivity (Wildman–Crippen MR) is 97.2 cm³/mol. The summed E-state index contributed by atoms with van der Waals surface area (Å²) < 4.78 is 15.3. The highest BCUT2D eigenvalue weighted by Gasteiger charge is 2.16. The molecule has 0 radical (unpaired) electrons. The Bertz CT molecular complexity index is 684. The van der Waals surface area contributed by atoms with E-state index in [1.165, 1.54) is 12.1 Å². The van der Waals surface area contributed by atoms with Crippen LogP contribution >= 0.6 is 24.0 Å². The third kappa shape index (κ3) is 4.40. The number of aromatic nitrogens is 3. The molecule has 0 amide bonds. The Balaban J connectivity index is 0.00000192. The van der Waals surface area contributed by atoms with Gasteiger partial charge in [-0.3, -0.25) is 4.99 Å². The monoisotopic (exact) mass is 430 g/mol. The zero-order valence-electron chi connectivity index (χ0n) is 12.9. The van der Waals surface area contributed by atoms with Gasteiger partial charge in [0.1, 0.15) is 11.6 Å². The first kappa shape index (κ1) is 17.6. The normalized spacial score (nSPS) is 13.4. The van der Waals surface area contributed by atoms with Gasteiger partial charge in [0.2, 0.25) is 0 Å². The summed E-state index contributed by atoms with van der Waals surface area (Å²) in [6.45, 7) is 2.06. The fourth-order valence-corrected chi connectivity index (χ4v) is 2.56. The summed E-state index contributed by atoms with van der Waals surface area (Å²) >= 11 is 0. The number of rotatable bonds is 4. The summed E-state index contributed by atoms with van der Waals surface area (Å²) in [5, 5.41) is 14.7. The van der Waals surface area contributed by atoms with Gasteiger partial charge in [-0.15, -0.1) is 34.2 Å². The van der Waals surface area contributed by atoms with Crippen molar-refractivity contribution in [1.29, 1.82) is 0 Å². The van der Waals surface area contributed by atoms with E-state index < -0.39 is 0 Å². The lowest BCUT2D eigenvalue weighted by Gasteiger charge is -2.12. The van der Waals surface area contributed by atoms with Crippen LogP contribution in [0.4, 0.5) is 4.39 Å². The topological polar surface area (TPSA) is 67.1 Å². The van der Waals surface area contributed by atoms with E-state index in [4.69, 9.17) is 0 Å². The average Bonchev–Trinajstić information content (AvgIpc) is 3.11. The fraction of sp³-hybridized carbons (Fsp3) is 0.400. The van der Waals surface area contributed by atoms with Crippen LogP contribution < -0.4 is 10.6 Å². The third-order valence-corrected chi connectivity index (χ3v) is 3.67. The molecule has 23 heavy (non-hydrogen) atoms. The molecule has 0 fully saturated rings. The number of halogens is 2. The van der Waals surface area contributed by atoms with Crippen molar-refractivity contribution in [3.63, 3.8) is 0 Å². The van der Waals surface area contributed by atoms with E-state index in [9.17, 15) is 4.39 Å². The molecule has 1 aromatic heterocycles. The van der Waals surface area contributed by atoms with Crippen LogP contribution in [-0.4, -0.2) is 27.8 Å². The van der Waals surface area contributed by atoms with E-state index >= 15 is 0 Å². The van der Waals surface area contributed by atoms with E-state index in [2.05, 4.69) is 30.4 Å². The highest BCUT2D eigenvalue weighted by Crippen LogP contribution is 2.13. The zero-order valence-corrected chi connectivity index (χ0v) is 15.3. The molecule has 8 heteroatoms. The van der Waals surface area contributed by atoms with Gasteiger partial charge in [0, 0.05) is 26.6 Å². The molecule has 0 saturated carbocycles. The van der Waals surface area contributed by atoms with Gasteiger partial charge in [-0.2, -0.15) is 0 Å². The molecule has 0 bridgehead atoms. The second-order valence-corrected chi connectivity index (χ2v) is 5.20. The molecule has 3 rings (SSSR count). The van der Waals surface area contributed by atoms with Crippen molar-refractivity contribution in [2.24, 2.45) is 4.99 Å². The maximum atomic E-state index is 13.1. The minimum Gasteiger partial charge on any atom is -0.352 e. The molecular weight excluding hydrogens is 410 g/mol. The fourth-order valence-electron chi connectivity index (χ4n) is 2.56. The van der Waals surface area contributed by atoms with E-state index in [-0.39, 0.29) is 29.8 Å². The van der Waals surface area contributed by atoms with Crippen molar-refractivity contribution in [3.05, 3.63) is 47.3 Å². The lowest BCUT2D eigenvalue weighted by molar-refractivity contribution is 0.624. The zero-order chi connectivity index (χ0) is 15.4. The SMILES string of the molecule is CN=C(NCc1cccc(F)c1)NCc1nnc2n1CCC2.I. The molecule has 0 atom stereocenters. The molecule has 2 heterocycles. The lowest BCUT2D eigenvalue weighted by Crippen LogP contribution is -2.37. The van der Waals surface area contributed by atoms with Crippen molar-refractivity contribution in [3.8, 4) is 0 Å². The minimum atomic E-state index is -0.235. The van der Waals surface area contributed by atoms with Gasteiger partial charge in [0.05, 0.1) is 6.54 Å². The Labute approximate surface area is 151 Å². The third-order valence-electron chi connectivity index (χ3n) is 3.67.